The van der Waals surface area contributed by atoms with E-state index in [0.29, 0.717) is 0 Å². The first-order chi connectivity index (χ1) is 7.93. The Morgan fingerprint density at radius 1 is 1.29 bits per heavy atom. The van der Waals surface area contributed by atoms with Crippen LogP contribution in [0.2, 0.25) is 0 Å². The zero-order valence-corrected chi connectivity index (χ0v) is 11.0. The second-order valence-electron chi connectivity index (χ2n) is 4.69. The third-order valence-corrected chi connectivity index (χ3v) is 3.12. The van der Waals surface area contributed by atoms with E-state index in [-0.39, 0.29) is 18.6 Å². The first kappa shape index (κ1) is 13.7. The van der Waals surface area contributed by atoms with Gasteiger partial charge < -0.3 is 5.11 Å². The molecule has 0 saturated heterocycles. The van der Waals surface area contributed by atoms with Crippen molar-refractivity contribution >= 4 is 5.97 Å². The molecule has 1 atom stereocenters. The van der Waals surface area contributed by atoms with E-state index in [1.807, 2.05) is 30.9 Å². The molecule has 94 valence electrons. The average molecular weight is 235 g/mol. The van der Waals surface area contributed by atoms with Crippen LogP contribution >= 0.6 is 0 Å². The van der Waals surface area contributed by atoms with Crippen molar-refractivity contribution in [2.24, 2.45) is 0 Å². The molecule has 0 fully saturated rings. The summed E-state index contributed by atoms with van der Waals surface area (Å²) in [5, 5.41) is 8.96. The van der Waals surface area contributed by atoms with E-state index in [2.05, 4.69) is 26.0 Å². The highest BCUT2D eigenvalue weighted by Crippen LogP contribution is 2.24. The third kappa shape index (κ3) is 3.56. The predicted molar refractivity (Wildman–Crippen MR) is 69.1 cm³/mol. The minimum atomic E-state index is -0.779. The van der Waals surface area contributed by atoms with Crippen LogP contribution in [0, 0.1) is 6.92 Å². The monoisotopic (exact) mass is 235 g/mol. The summed E-state index contributed by atoms with van der Waals surface area (Å²) in [4.78, 5) is 12.9. The summed E-state index contributed by atoms with van der Waals surface area (Å²) < 4.78 is 0. The molecule has 0 bridgehead atoms. The second kappa shape index (κ2) is 5.82. The van der Waals surface area contributed by atoms with Gasteiger partial charge in [0.1, 0.15) is 0 Å². The lowest BCUT2D eigenvalue weighted by atomic mass is 10.0. The Morgan fingerprint density at radius 3 is 2.35 bits per heavy atom. The molecule has 1 rings (SSSR count). The Bertz CT molecular complexity index is 388. The highest BCUT2D eigenvalue weighted by atomic mass is 16.4. The first-order valence-corrected chi connectivity index (χ1v) is 5.96. The van der Waals surface area contributed by atoms with Gasteiger partial charge in [0, 0.05) is 12.1 Å². The minimum absolute atomic E-state index is 0.0766. The van der Waals surface area contributed by atoms with Gasteiger partial charge in [0.2, 0.25) is 0 Å². The SMILES string of the molecule is Cc1ccccc1C(C)N(CC(=O)O)C(C)C. The molecular weight excluding hydrogens is 214 g/mol. The summed E-state index contributed by atoms with van der Waals surface area (Å²) in [6.45, 7) is 8.25. The number of benzene rings is 1. The van der Waals surface area contributed by atoms with Gasteiger partial charge in [0.15, 0.2) is 0 Å². The van der Waals surface area contributed by atoms with Crippen molar-refractivity contribution in [2.45, 2.75) is 39.8 Å². The molecule has 1 unspecified atom stereocenters. The van der Waals surface area contributed by atoms with E-state index in [0.717, 1.165) is 0 Å². The van der Waals surface area contributed by atoms with Gasteiger partial charge in [0.05, 0.1) is 6.54 Å². The fourth-order valence-corrected chi connectivity index (χ4v) is 2.16. The molecule has 1 aromatic carbocycles. The molecule has 0 heterocycles. The van der Waals surface area contributed by atoms with Crippen LogP contribution in [-0.4, -0.2) is 28.6 Å². The van der Waals surface area contributed by atoms with Crippen LogP contribution in [0.15, 0.2) is 24.3 Å². The van der Waals surface area contributed by atoms with Gasteiger partial charge in [-0.15, -0.1) is 0 Å². The van der Waals surface area contributed by atoms with Gasteiger partial charge in [-0.05, 0) is 38.8 Å². The van der Waals surface area contributed by atoms with Gasteiger partial charge in [0.25, 0.3) is 0 Å². The van der Waals surface area contributed by atoms with Crippen molar-refractivity contribution in [1.29, 1.82) is 0 Å². The van der Waals surface area contributed by atoms with Gasteiger partial charge in [-0.3, -0.25) is 9.69 Å². The number of hydrogen-bond donors (Lipinski definition) is 1. The standard InChI is InChI=1S/C14H21NO2/c1-10(2)15(9-14(16)17)12(4)13-8-6-5-7-11(13)3/h5-8,10,12H,9H2,1-4H3,(H,16,17). The van der Waals surface area contributed by atoms with E-state index in [1.54, 1.807) is 0 Å². The maximum Gasteiger partial charge on any atom is 0.317 e. The number of carbonyl (C=O) groups is 1. The Balaban J connectivity index is 2.95. The van der Waals surface area contributed by atoms with Crippen molar-refractivity contribution in [3.63, 3.8) is 0 Å². The molecule has 0 radical (unpaired) electrons. The van der Waals surface area contributed by atoms with Crippen molar-refractivity contribution in [1.82, 2.24) is 4.90 Å². The summed E-state index contributed by atoms with van der Waals surface area (Å²) in [6, 6.07) is 8.45. The molecule has 17 heavy (non-hydrogen) atoms. The maximum atomic E-state index is 10.9. The molecule has 0 aliphatic rings. The normalized spacial score (nSPS) is 13.1. The number of nitrogens with zero attached hydrogens (tertiary/aromatic N) is 1. The zero-order chi connectivity index (χ0) is 13.0. The topological polar surface area (TPSA) is 40.5 Å². The molecular formula is C14H21NO2. The Labute approximate surface area is 103 Å². The summed E-state index contributed by atoms with van der Waals surface area (Å²) >= 11 is 0. The Morgan fingerprint density at radius 2 is 1.88 bits per heavy atom. The van der Waals surface area contributed by atoms with Gasteiger partial charge in [-0.2, -0.15) is 0 Å². The lowest BCUT2D eigenvalue weighted by Gasteiger charge is -2.32. The van der Waals surface area contributed by atoms with Crippen LogP contribution in [0.1, 0.15) is 37.9 Å². The number of aryl methyl sites for hydroxylation is 1. The van der Waals surface area contributed by atoms with Gasteiger partial charge in [-0.1, -0.05) is 24.3 Å². The zero-order valence-electron chi connectivity index (χ0n) is 11.0. The number of rotatable bonds is 5. The maximum absolute atomic E-state index is 10.9. The molecule has 0 aliphatic heterocycles. The van der Waals surface area contributed by atoms with Crippen molar-refractivity contribution in [3.05, 3.63) is 35.4 Å². The van der Waals surface area contributed by atoms with E-state index in [4.69, 9.17) is 5.11 Å². The molecule has 3 heteroatoms. The highest BCUT2D eigenvalue weighted by molar-refractivity contribution is 5.69. The third-order valence-electron chi connectivity index (χ3n) is 3.12. The second-order valence-corrected chi connectivity index (χ2v) is 4.69. The molecule has 0 aliphatic carbocycles. The van der Waals surface area contributed by atoms with E-state index >= 15 is 0 Å². The van der Waals surface area contributed by atoms with Gasteiger partial charge >= 0.3 is 5.97 Å². The fraction of sp³-hybridized carbons (Fsp3) is 0.500. The summed E-state index contributed by atoms with van der Waals surface area (Å²) in [7, 11) is 0. The van der Waals surface area contributed by atoms with Crippen LogP contribution < -0.4 is 0 Å². The van der Waals surface area contributed by atoms with E-state index in [9.17, 15) is 4.79 Å². The van der Waals surface area contributed by atoms with Crippen LogP contribution in [0.3, 0.4) is 0 Å². The average Bonchev–Trinajstić information content (AvgIpc) is 2.25. The Kier molecular flexibility index (Phi) is 4.70. The van der Waals surface area contributed by atoms with E-state index < -0.39 is 5.97 Å². The molecule has 0 amide bonds. The summed E-state index contributed by atoms with van der Waals surface area (Å²) in [5.41, 5.74) is 2.40. The van der Waals surface area contributed by atoms with Crippen LogP contribution in [0.25, 0.3) is 0 Å². The number of hydrogen-bond acceptors (Lipinski definition) is 2. The summed E-state index contributed by atoms with van der Waals surface area (Å²) in [5.74, 6) is -0.779. The largest absolute Gasteiger partial charge is 0.480 e. The van der Waals surface area contributed by atoms with E-state index in [1.165, 1.54) is 11.1 Å². The first-order valence-electron chi connectivity index (χ1n) is 5.96. The molecule has 0 spiro atoms. The smallest absolute Gasteiger partial charge is 0.317 e. The number of aliphatic carboxylic acids is 1. The number of carboxylic acid groups (broad SMARTS) is 1. The van der Waals surface area contributed by atoms with Crippen molar-refractivity contribution in [2.75, 3.05) is 6.54 Å². The lowest BCUT2D eigenvalue weighted by Crippen LogP contribution is -2.37. The molecule has 1 N–H and O–H groups in total. The number of carboxylic acids is 1. The lowest BCUT2D eigenvalue weighted by molar-refractivity contribution is -0.139. The predicted octanol–water partition coefficient (Wildman–Crippen LogP) is 2.85. The molecule has 0 aromatic heterocycles. The molecule has 3 nitrogen and oxygen atoms in total. The van der Waals surface area contributed by atoms with Crippen LogP contribution in [0.5, 0.6) is 0 Å². The van der Waals surface area contributed by atoms with Crippen molar-refractivity contribution in [3.8, 4) is 0 Å². The summed E-state index contributed by atoms with van der Waals surface area (Å²) in [6.07, 6.45) is 0. The van der Waals surface area contributed by atoms with Crippen LogP contribution in [0.4, 0.5) is 0 Å². The quantitative estimate of drug-likeness (QED) is 0.853. The highest BCUT2D eigenvalue weighted by Gasteiger charge is 2.21. The van der Waals surface area contributed by atoms with Crippen molar-refractivity contribution < 1.29 is 9.90 Å². The van der Waals surface area contributed by atoms with Crippen LogP contribution in [-0.2, 0) is 4.79 Å². The fourth-order valence-electron chi connectivity index (χ4n) is 2.16. The minimum Gasteiger partial charge on any atom is -0.480 e. The molecule has 0 saturated carbocycles. The Hall–Kier alpha value is -1.35. The van der Waals surface area contributed by atoms with Gasteiger partial charge in [-0.25, -0.2) is 0 Å². The molecule has 1 aromatic rings.